The normalized spacial score (nSPS) is 11.6. The molecule has 1 N–H and O–H groups in total. The molecule has 0 spiro atoms. The number of sulfonamides is 1. The first kappa shape index (κ1) is 13.9. The first-order chi connectivity index (χ1) is 8.81. The first-order valence-corrected chi connectivity index (χ1v) is 7.44. The Morgan fingerprint density at radius 3 is 2.47 bits per heavy atom. The average molecular weight is 300 g/mol. The SMILES string of the molecule is Cc1ccc(NS(=O)(=O)c2ncn(C)c2Cl)cc1C. The van der Waals surface area contributed by atoms with Gasteiger partial charge in [-0.2, -0.15) is 8.42 Å². The summed E-state index contributed by atoms with van der Waals surface area (Å²) < 4.78 is 28.2. The van der Waals surface area contributed by atoms with Gasteiger partial charge in [0.1, 0.15) is 5.15 Å². The van der Waals surface area contributed by atoms with E-state index in [4.69, 9.17) is 11.6 Å². The van der Waals surface area contributed by atoms with Gasteiger partial charge in [-0.1, -0.05) is 17.7 Å². The summed E-state index contributed by atoms with van der Waals surface area (Å²) in [7, 11) is -2.14. The zero-order chi connectivity index (χ0) is 14.2. The van der Waals surface area contributed by atoms with E-state index in [-0.39, 0.29) is 10.2 Å². The zero-order valence-corrected chi connectivity index (χ0v) is 12.4. The van der Waals surface area contributed by atoms with Gasteiger partial charge in [0.2, 0.25) is 5.03 Å². The van der Waals surface area contributed by atoms with Crippen molar-refractivity contribution in [3.63, 3.8) is 0 Å². The largest absolute Gasteiger partial charge is 0.324 e. The highest BCUT2D eigenvalue weighted by molar-refractivity contribution is 7.92. The molecule has 0 unspecified atom stereocenters. The molecule has 0 aliphatic rings. The predicted octanol–water partition coefficient (Wildman–Crippen LogP) is 2.49. The molecule has 2 aromatic rings. The molecule has 102 valence electrons. The minimum atomic E-state index is -3.77. The van der Waals surface area contributed by atoms with Crippen molar-refractivity contribution in [2.75, 3.05) is 4.72 Å². The van der Waals surface area contributed by atoms with E-state index in [1.807, 2.05) is 19.9 Å². The van der Waals surface area contributed by atoms with Gasteiger partial charge in [0.25, 0.3) is 10.0 Å². The molecule has 0 saturated heterocycles. The zero-order valence-electron chi connectivity index (χ0n) is 10.8. The quantitative estimate of drug-likeness (QED) is 0.947. The number of hydrogen-bond acceptors (Lipinski definition) is 3. The van der Waals surface area contributed by atoms with Crippen LogP contribution >= 0.6 is 11.6 Å². The third kappa shape index (κ3) is 2.74. The van der Waals surface area contributed by atoms with Gasteiger partial charge >= 0.3 is 0 Å². The van der Waals surface area contributed by atoms with Gasteiger partial charge in [-0.3, -0.25) is 4.72 Å². The maximum atomic E-state index is 12.2. The smallest absolute Gasteiger partial charge is 0.282 e. The van der Waals surface area contributed by atoms with E-state index in [2.05, 4.69) is 9.71 Å². The average Bonchev–Trinajstić information content (AvgIpc) is 2.65. The number of anilines is 1. The van der Waals surface area contributed by atoms with Crippen molar-refractivity contribution < 1.29 is 8.42 Å². The minimum Gasteiger partial charge on any atom is -0.324 e. The first-order valence-electron chi connectivity index (χ1n) is 5.58. The fourth-order valence-electron chi connectivity index (χ4n) is 1.58. The van der Waals surface area contributed by atoms with Gasteiger partial charge in [-0.05, 0) is 37.1 Å². The number of hydrogen-bond donors (Lipinski definition) is 1. The Balaban J connectivity index is 2.36. The van der Waals surface area contributed by atoms with E-state index < -0.39 is 10.0 Å². The van der Waals surface area contributed by atoms with Crippen LogP contribution in [0.5, 0.6) is 0 Å². The van der Waals surface area contributed by atoms with Gasteiger partial charge in [-0.15, -0.1) is 0 Å². The Kier molecular flexibility index (Phi) is 3.56. The molecule has 1 heterocycles. The third-order valence-electron chi connectivity index (χ3n) is 2.85. The molecule has 0 aliphatic heterocycles. The molecule has 7 heteroatoms. The molecule has 0 radical (unpaired) electrons. The van der Waals surface area contributed by atoms with E-state index in [0.717, 1.165) is 11.1 Å². The highest BCUT2D eigenvalue weighted by Crippen LogP contribution is 2.22. The Bertz CT molecular complexity index is 723. The van der Waals surface area contributed by atoms with E-state index in [0.29, 0.717) is 5.69 Å². The molecule has 0 aliphatic carbocycles. The van der Waals surface area contributed by atoms with Crippen molar-refractivity contribution in [2.24, 2.45) is 7.05 Å². The van der Waals surface area contributed by atoms with Crippen LogP contribution in [0, 0.1) is 13.8 Å². The summed E-state index contributed by atoms with van der Waals surface area (Å²) in [5.74, 6) is 0. The summed E-state index contributed by atoms with van der Waals surface area (Å²) in [4.78, 5) is 3.80. The molecule has 5 nitrogen and oxygen atoms in total. The fraction of sp³-hybridized carbons (Fsp3) is 0.250. The second-order valence-corrected chi connectivity index (χ2v) is 6.31. The second kappa shape index (κ2) is 4.86. The molecule has 1 aromatic carbocycles. The molecule has 1 aromatic heterocycles. The summed E-state index contributed by atoms with van der Waals surface area (Å²) in [6.45, 7) is 3.88. The van der Waals surface area contributed by atoms with Crippen LogP contribution in [0.1, 0.15) is 11.1 Å². The molecule has 0 atom stereocenters. The van der Waals surface area contributed by atoms with E-state index in [9.17, 15) is 8.42 Å². The van der Waals surface area contributed by atoms with E-state index in [1.54, 1.807) is 19.2 Å². The summed E-state index contributed by atoms with van der Waals surface area (Å²) >= 11 is 5.90. The molecule has 0 saturated carbocycles. The number of nitrogens with one attached hydrogen (secondary N) is 1. The topological polar surface area (TPSA) is 64.0 Å². The van der Waals surface area contributed by atoms with Gasteiger partial charge in [0.05, 0.1) is 6.33 Å². The highest BCUT2D eigenvalue weighted by Gasteiger charge is 2.22. The Labute approximate surface area is 117 Å². The van der Waals surface area contributed by atoms with Crippen molar-refractivity contribution in [2.45, 2.75) is 18.9 Å². The predicted molar refractivity (Wildman–Crippen MR) is 74.9 cm³/mol. The van der Waals surface area contributed by atoms with E-state index >= 15 is 0 Å². The lowest BCUT2D eigenvalue weighted by Crippen LogP contribution is -2.14. The molecule has 2 rings (SSSR count). The monoisotopic (exact) mass is 299 g/mol. The molecule has 0 bridgehead atoms. The van der Waals surface area contributed by atoms with Crippen LogP contribution < -0.4 is 4.72 Å². The molecular formula is C12H14ClN3O2S. The summed E-state index contributed by atoms with van der Waals surface area (Å²) in [5, 5.41) is -0.0915. The molecule has 0 fully saturated rings. The van der Waals surface area contributed by atoms with Crippen LogP contribution in [-0.2, 0) is 17.1 Å². The Hall–Kier alpha value is -1.53. The second-order valence-electron chi connectivity index (χ2n) is 4.36. The number of imidazole rings is 1. The Morgan fingerprint density at radius 2 is 1.95 bits per heavy atom. The van der Waals surface area contributed by atoms with Gasteiger partial charge in [0.15, 0.2) is 0 Å². The minimum absolute atomic E-state index is 0.0799. The highest BCUT2D eigenvalue weighted by atomic mass is 35.5. The van der Waals surface area contributed by atoms with Crippen LogP contribution in [0.2, 0.25) is 5.15 Å². The van der Waals surface area contributed by atoms with Crippen molar-refractivity contribution in [1.29, 1.82) is 0 Å². The van der Waals surface area contributed by atoms with Crippen molar-refractivity contribution in [3.05, 3.63) is 40.8 Å². The van der Waals surface area contributed by atoms with Gasteiger partial charge < -0.3 is 4.57 Å². The number of aryl methyl sites for hydroxylation is 3. The lowest BCUT2D eigenvalue weighted by atomic mass is 10.1. The Morgan fingerprint density at radius 1 is 1.26 bits per heavy atom. The van der Waals surface area contributed by atoms with Crippen LogP contribution in [-0.4, -0.2) is 18.0 Å². The van der Waals surface area contributed by atoms with Gasteiger partial charge in [-0.25, -0.2) is 4.98 Å². The maximum absolute atomic E-state index is 12.2. The van der Waals surface area contributed by atoms with Crippen molar-refractivity contribution >= 4 is 27.3 Å². The van der Waals surface area contributed by atoms with Gasteiger partial charge in [0, 0.05) is 12.7 Å². The number of aromatic nitrogens is 2. The van der Waals surface area contributed by atoms with Crippen LogP contribution in [0.15, 0.2) is 29.6 Å². The van der Waals surface area contributed by atoms with E-state index in [1.165, 1.54) is 10.9 Å². The molecule has 19 heavy (non-hydrogen) atoms. The molecular weight excluding hydrogens is 286 g/mol. The molecule has 0 amide bonds. The third-order valence-corrected chi connectivity index (χ3v) is 4.72. The standard InChI is InChI=1S/C12H14ClN3O2S/c1-8-4-5-10(6-9(8)2)15-19(17,18)12-11(13)16(3)7-14-12/h4-7,15H,1-3H3. The van der Waals surface area contributed by atoms with Crippen molar-refractivity contribution in [1.82, 2.24) is 9.55 Å². The number of rotatable bonds is 3. The number of nitrogens with zero attached hydrogens (tertiary/aromatic N) is 2. The number of halogens is 1. The lowest BCUT2D eigenvalue weighted by Gasteiger charge is -2.08. The summed E-state index contributed by atoms with van der Waals surface area (Å²) in [5.41, 5.74) is 2.59. The maximum Gasteiger partial charge on any atom is 0.282 e. The summed E-state index contributed by atoms with van der Waals surface area (Å²) in [6.07, 6.45) is 1.36. The van der Waals surface area contributed by atoms with Crippen LogP contribution in [0.3, 0.4) is 0 Å². The van der Waals surface area contributed by atoms with Crippen LogP contribution in [0.25, 0.3) is 0 Å². The summed E-state index contributed by atoms with van der Waals surface area (Å²) in [6, 6.07) is 5.33. The number of benzene rings is 1. The van der Waals surface area contributed by atoms with Crippen LogP contribution in [0.4, 0.5) is 5.69 Å². The van der Waals surface area contributed by atoms with Crippen molar-refractivity contribution in [3.8, 4) is 0 Å². The lowest BCUT2D eigenvalue weighted by molar-refractivity contribution is 0.598. The fourth-order valence-corrected chi connectivity index (χ4v) is 3.07.